The zero-order valence-electron chi connectivity index (χ0n) is 10.1. The highest BCUT2D eigenvalue weighted by Crippen LogP contribution is 2.28. The minimum atomic E-state index is -0.328. The first-order chi connectivity index (χ1) is 8.58. The molecule has 0 spiro atoms. The number of hydrogen-bond acceptors (Lipinski definition) is 4. The maximum atomic E-state index is 11.0. The van der Waals surface area contributed by atoms with Crippen LogP contribution in [-0.2, 0) is 0 Å². The fourth-order valence-electron chi connectivity index (χ4n) is 2.22. The first-order valence-corrected chi connectivity index (χ1v) is 7.09. The lowest BCUT2D eigenvalue weighted by atomic mass is 9.99. The van der Waals surface area contributed by atoms with Crippen molar-refractivity contribution in [1.29, 1.82) is 0 Å². The molecule has 2 unspecified atom stereocenters. The van der Waals surface area contributed by atoms with Gasteiger partial charge in [0.25, 0.3) is 5.69 Å². The minimum Gasteiger partial charge on any atom is -0.375 e. The Balaban J connectivity index is 2.20. The van der Waals surface area contributed by atoms with Gasteiger partial charge >= 0.3 is 0 Å². The van der Waals surface area contributed by atoms with E-state index in [1.807, 2.05) is 6.07 Å². The summed E-state index contributed by atoms with van der Waals surface area (Å²) < 4.78 is 0.875. The number of halogens is 1. The van der Waals surface area contributed by atoms with Crippen LogP contribution in [0.2, 0.25) is 0 Å². The summed E-state index contributed by atoms with van der Waals surface area (Å²) in [6, 6.07) is 5.86. The summed E-state index contributed by atoms with van der Waals surface area (Å²) in [5, 5.41) is 17.7. The maximum Gasteiger partial charge on any atom is 0.293 e. The second kappa shape index (κ2) is 5.83. The number of rotatable bonds is 3. The predicted molar refractivity (Wildman–Crippen MR) is 79.9 cm³/mol. The third-order valence-electron chi connectivity index (χ3n) is 3.26. The van der Waals surface area contributed by atoms with Crippen LogP contribution < -0.4 is 10.6 Å². The van der Waals surface area contributed by atoms with Gasteiger partial charge in [0, 0.05) is 21.7 Å². The van der Waals surface area contributed by atoms with E-state index < -0.39 is 0 Å². The van der Waals surface area contributed by atoms with Crippen molar-refractivity contribution < 1.29 is 4.92 Å². The van der Waals surface area contributed by atoms with Gasteiger partial charge in [-0.15, -0.1) is 0 Å². The van der Waals surface area contributed by atoms with E-state index in [0.717, 1.165) is 23.0 Å². The number of hydrogen-bond donors (Lipinski definition) is 2. The van der Waals surface area contributed by atoms with Gasteiger partial charge in [0.1, 0.15) is 5.69 Å². The molecule has 0 aliphatic carbocycles. The normalized spacial score (nSPS) is 23.7. The Morgan fingerprint density at radius 1 is 1.56 bits per heavy atom. The van der Waals surface area contributed by atoms with Crippen LogP contribution in [0.15, 0.2) is 18.2 Å². The van der Waals surface area contributed by atoms with Gasteiger partial charge in [-0.25, -0.2) is 0 Å². The molecule has 5 nitrogen and oxygen atoms in total. The fourth-order valence-corrected chi connectivity index (χ4v) is 2.69. The van der Waals surface area contributed by atoms with Crippen LogP contribution >= 0.6 is 22.6 Å². The van der Waals surface area contributed by atoms with E-state index in [9.17, 15) is 10.1 Å². The van der Waals surface area contributed by atoms with Crippen LogP contribution in [0.5, 0.6) is 0 Å². The van der Waals surface area contributed by atoms with Crippen molar-refractivity contribution >= 4 is 34.0 Å². The molecule has 0 amide bonds. The zero-order chi connectivity index (χ0) is 13.1. The van der Waals surface area contributed by atoms with E-state index in [0.29, 0.717) is 11.7 Å². The molecule has 2 rings (SSSR count). The van der Waals surface area contributed by atoms with Crippen molar-refractivity contribution in [3.63, 3.8) is 0 Å². The van der Waals surface area contributed by atoms with Gasteiger partial charge in [0.15, 0.2) is 0 Å². The van der Waals surface area contributed by atoms with Gasteiger partial charge in [0.2, 0.25) is 0 Å². The molecule has 1 heterocycles. The Hall–Kier alpha value is -0.890. The lowest BCUT2D eigenvalue weighted by Crippen LogP contribution is -2.46. The largest absolute Gasteiger partial charge is 0.375 e. The summed E-state index contributed by atoms with van der Waals surface area (Å²) >= 11 is 2.09. The summed E-state index contributed by atoms with van der Waals surface area (Å²) in [5.74, 6) is 0. The highest BCUT2D eigenvalue weighted by atomic mass is 127. The van der Waals surface area contributed by atoms with Gasteiger partial charge in [-0.3, -0.25) is 10.1 Å². The molecule has 0 bridgehead atoms. The number of piperidine rings is 1. The van der Waals surface area contributed by atoms with Crippen molar-refractivity contribution in [3.8, 4) is 0 Å². The number of nitrogens with one attached hydrogen (secondary N) is 2. The van der Waals surface area contributed by atoms with E-state index in [1.165, 1.54) is 0 Å². The van der Waals surface area contributed by atoms with Gasteiger partial charge in [-0.1, -0.05) is 0 Å². The lowest BCUT2D eigenvalue weighted by Gasteiger charge is -2.31. The average molecular weight is 361 g/mol. The van der Waals surface area contributed by atoms with Gasteiger partial charge in [-0.2, -0.15) is 0 Å². The van der Waals surface area contributed by atoms with Crippen LogP contribution in [0, 0.1) is 13.7 Å². The Morgan fingerprint density at radius 3 is 3.00 bits per heavy atom. The van der Waals surface area contributed by atoms with Crippen LogP contribution in [-0.4, -0.2) is 23.6 Å². The van der Waals surface area contributed by atoms with Crippen molar-refractivity contribution in [2.45, 2.75) is 31.8 Å². The summed E-state index contributed by atoms with van der Waals surface area (Å²) in [6.45, 7) is 3.13. The highest BCUT2D eigenvalue weighted by molar-refractivity contribution is 14.1. The van der Waals surface area contributed by atoms with Crippen molar-refractivity contribution in [2.75, 3.05) is 11.9 Å². The highest BCUT2D eigenvalue weighted by Gasteiger charge is 2.23. The standard InChI is InChI=1S/C12H16IN3O2/c1-8-10(3-2-6-14-8)15-11-5-4-9(13)7-12(11)16(17)18/h4-5,7-8,10,14-15H,2-3,6H2,1H3. The van der Waals surface area contributed by atoms with E-state index >= 15 is 0 Å². The first kappa shape index (κ1) is 13.5. The van der Waals surface area contributed by atoms with Crippen molar-refractivity contribution in [1.82, 2.24) is 5.32 Å². The molecule has 1 fully saturated rings. The molecule has 1 aliphatic heterocycles. The first-order valence-electron chi connectivity index (χ1n) is 6.02. The number of nitrogens with zero attached hydrogens (tertiary/aromatic N) is 1. The smallest absolute Gasteiger partial charge is 0.293 e. The maximum absolute atomic E-state index is 11.0. The lowest BCUT2D eigenvalue weighted by molar-refractivity contribution is -0.384. The summed E-state index contributed by atoms with van der Waals surface area (Å²) in [4.78, 5) is 10.7. The number of nitro benzene ring substituents is 1. The van der Waals surface area contributed by atoms with Crippen molar-refractivity contribution in [3.05, 3.63) is 31.9 Å². The summed E-state index contributed by atoms with van der Waals surface area (Å²) in [5.41, 5.74) is 0.764. The molecule has 1 aromatic carbocycles. The number of anilines is 1. The Bertz CT molecular complexity index is 453. The Kier molecular flexibility index (Phi) is 4.39. The van der Waals surface area contributed by atoms with Crippen LogP contribution in [0.4, 0.5) is 11.4 Å². The number of benzene rings is 1. The van der Waals surface area contributed by atoms with E-state index in [1.54, 1.807) is 12.1 Å². The molecule has 1 saturated heterocycles. The van der Waals surface area contributed by atoms with E-state index in [4.69, 9.17) is 0 Å². The monoisotopic (exact) mass is 361 g/mol. The zero-order valence-corrected chi connectivity index (χ0v) is 12.3. The second-order valence-corrected chi connectivity index (χ2v) is 5.80. The quantitative estimate of drug-likeness (QED) is 0.494. The topological polar surface area (TPSA) is 67.2 Å². The predicted octanol–water partition coefficient (Wildman–Crippen LogP) is 2.75. The second-order valence-electron chi connectivity index (χ2n) is 4.55. The molecule has 18 heavy (non-hydrogen) atoms. The SMILES string of the molecule is CC1NCCCC1Nc1ccc(I)cc1[N+](=O)[O-]. The van der Waals surface area contributed by atoms with Crippen molar-refractivity contribution in [2.24, 2.45) is 0 Å². The summed E-state index contributed by atoms with van der Waals surface area (Å²) in [6.07, 6.45) is 2.14. The molecular formula is C12H16IN3O2. The fraction of sp³-hybridized carbons (Fsp3) is 0.500. The Morgan fingerprint density at radius 2 is 2.33 bits per heavy atom. The molecule has 2 atom stereocenters. The number of nitro groups is 1. The van der Waals surface area contributed by atoms with Crippen LogP contribution in [0.3, 0.4) is 0 Å². The molecule has 1 aliphatic rings. The third-order valence-corrected chi connectivity index (χ3v) is 3.93. The average Bonchev–Trinajstić information content (AvgIpc) is 2.34. The third kappa shape index (κ3) is 3.11. The van der Waals surface area contributed by atoms with E-state index in [2.05, 4.69) is 40.1 Å². The Labute approximate surface area is 120 Å². The van der Waals surface area contributed by atoms with Gasteiger partial charge in [0.05, 0.1) is 4.92 Å². The van der Waals surface area contributed by atoms with E-state index in [-0.39, 0.29) is 16.7 Å². The molecule has 0 aromatic heterocycles. The molecule has 0 saturated carbocycles. The summed E-state index contributed by atoms with van der Waals surface area (Å²) in [7, 11) is 0. The minimum absolute atomic E-state index is 0.152. The van der Waals surface area contributed by atoms with Crippen LogP contribution in [0.25, 0.3) is 0 Å². The molecule has 98 valence electrons. The van der Waals surface area contributed by atoms with Crippen LogP contribution in [0.1, 0.15) is 19.8 Å². The van der Waals surface area contributed by atoms with Gasteiger partial charge < -0.3 is 10.6 Å². The molecule has 2 N–H and O–H groups in total. The molecular weight excluding hydrogens is 345 g/mol. The molecule has 1 aromatic rings. The van der Waals surface area contributed by atoms with Gasteiger partial charge in [-0.05, 0) is 61.0 Å². The molecule has 6 heteroatoms. The molecule has 0 radical (unpaired) electrons.